The van der Waals surface area contributed by atoms with Crippen LogP contribution in [0.25, 0.3) is 0 Å². The van der Waals surface area contributed by atoms with Gasteiger partial charge in [-0.15, -0.1) is 0 Å². The number of methoxy groups -OCH3 is 1. The zero-order chi connectivity index (χ0) is 78.5. The van der Waals surface area contributed by atoms with Gasteiger partial charge in [-0.1, -0.05) is 46.0 Å². The molecule has 2 bridgehead atoms. The summed E-state index contributed by atoms with van der Waals surface area (Å²) in [5, 5.41) is 8.45. The van der Waals surface area contributed by atoms with Crippen molar-refractivity contribution in [2.75, 3.05) is 115 Å². The van der Waals surface area contributed by atoms with Crippen LogP contribution in [0, 0.1) is 29.6 Å². The summed E-state index contributed by atoms with van der Waals surface area (Å²) in [5.41, 5.74) is -1.68. The first-order valence-corrected chi connectivity index (χ1v) is 38.7. The zero-order valence-corrected chi connectivity index (χ0v) is 64.1. The largest absolute Gasteiger partial charge is 0.397 e. The topological polar surface area (TPSA) is 298 Å². The summed E-state index contributed by atoms with van der Waals surface area (Å²) in [5.74, 6) is -14.3. The van der Waals surface area contributed by atoms with E-state index < -0.39 is 225 Å². The minimum atomic E-state index is -5.19. The Bertz CT molecular complexity index is 3120. The van der Waals surface area contributed by atoms with Gasteiger partial charge in [0.2, 0.25) is 70.9 Å². The van der Waals surface area contributed by atoms with Crippen LogP contribution in [-0.4, -0.2) is 315 Å². The molecule has 27 nitrogen and oxygen atoms in total. The number of nitrogens with zero attached hydrogens (tertiary/aromatic N) is 9. The smallest absolute Gasteiger partial charge is 0.382 e. The number of nitrogens with one attached hydrogen (secondary N) is 3. The zero-order valence-electron chi connectivity index (χ0n) is 64.1. The molecule has 33 heteroatoms. The van der Waals surface area contributed by atoms with Crippen LogP contribution in [0.15, 0.2) is 0 Å². The Kier molecular flexibility index (Phi) is 30.6. The van der Waals surface area contributed by atoms with Gasteiger partial charge in [0.25, 0.3) is 0 Å². The third-order valence-corrected chi connectivity index (χ3v) is 24.2. The molecule has 107 heavy (non-hydrogen) atoms. The Morgan fingerprint density at radius 3 is 1.86 bits per heavy atom. The third-order valence-electron chi connectivity index (χ3n) is 24.2. The third kappa shape index (κ3) is 20.8. The van der Waals surface area contributed by atoms with Crippen molar-refractivity contribution in [3.8, 4) is 0 Å². The number of amides is 12. The standard InChI is InChI=1S/C74H116F6N12O15/c1-11-44(3)62-70(102)85(5)42-60(95)86(6)53-21-14-13-17-30-91(69(53)101)56(37-45-22-25-48(75)26-23-45)67(99)84(4)41-58(93)81-52(27-24-46-35-50(76)61(51(77)36-46)74(78,79)80)66(98)92-40-49(107-12-2)38-54(92)65(97)83-73(28-18-29-73)72(104)89(9)63(47-19-15-16-20-47)71(103)88(8)55(68(100)90-31-33-106-34-32-90)39-59(94)87(7)57(43-105-10)64(96)82-62/h44-57,61-63H,11-43H2,1-10H3,(H,81,93)(H,82,96)(H,83,97)/t44-,45?,46?,48?,49+,50?,51?,52-,53-,54-,55-,56-,57-,61?,62-,63-/m0/s1. The molecule has 8 rings (SSSR count). The second-order valence-electron chi connectivity index (χ2n) is 31.4. The molecule has 8 aliphatic rings. The van der Waals surface area contributed by atoms with Crippen molar-refractivity contribution >= 4 is 70.9 Å². The molecule has 604 valence electrons. The van der Waals surface area contributed by atoms with Crippen molar-refractivity contribution in [1.29, 1.82) is 0 Å². The van der Waals surface area contributed by atoms with E-state index in [0.717, 1.165) is 24.5 Å². The van der Waals surface area contributed by atoms with Crippen LogP contribution >= 0.6 is 0 Å². The van der Waals surface area contributed by atoms with Gasteiger partial charge in [-0.05, 0) is 133 Å². The minimum Gasteiger partial charge on any atom is -0.382 e. The molecule has 0 radical (unpaired) electrons. The molecule has 1 spiro atoms. The maximum atomic E-state index is 15.7. The van der Waals surface area contributed by atoms with E-state index in [4.69, 9.17) is 14.2 Å². The second kappa shape index (κ2) is 38.2. The molecule has 4 saturated carbocycles. The van der Waals surface area contributed by atoms with Gasteiger partial charge in [0, 0.05) is 88.6 Å². The fourth-order valence-electron chi connectivity index (χ4n) is 17.3. The molecule has 12 amide bonds. The average Bonchev–Trinajstić information content (AvgIpc) is 1.71. The number of morpholine rings is 1. The average molecular weight is 1530 g/mol. The highest BCUT2D eigenvalue weighted by Crippen LogP contribution is 2.45. The Balaban J connectivity index is 1.20. The highest BCUT2D eigenvalue weighted by Gasteiger charge is 2.56. The van der Waals surface area contributed by atoms with Gasteiger partial charge in [-0.2, -0.15) is 13.2 Å². The van der Waals surface area contributed by atoms with Crippen LogP contribution in [0.5, 0.6) is 0 Å². The molecule has 3 N–H and O–H groups in total. The predicted molar refractivity (Wildman–Crippen MR) is 378 cm³/mol. The van der Waals surface area contributed by atoms with Gasteiger partial charge in [-0.25, -0.2) is 13.2 Å². The number of rotatable bonds is 13. The molecule has 0 aromatic heterocycles. The maximum Gasteiger partial charge on any atom is 0.397 e. The van der Waals surface area contributed by atoms with Crippen molar-refractivity contribution in [1.82, 2.24) is 60.0 Å². The van der Waals surface area contributed by atoms with Gasteiger partial charge in [0.1, 0.15) is 78.3 Å². The Labute approximate surface area is 624 Å². The van der Waals surface area contributed by atoms with E-state index in [-0.39, 0.29) is 103 Å². The molecular formula is C74H116F6N12O15. The number of halogens is 6. The first-order valence-electron chi connectivity index (χ1n) is 38.7. The van der Waals surface area contributed by atoms with Crippen molar-refractivity contribution in [2.24, 2.45) is 29.6 Å². The van der Waals surface area contributed by atoms with Gasteiger partial charge < -0.3 is 74.3 Å². The van der Waals surface area contributed by atoms with Crippen LogP contribution in [0.3, 0.4) is 0 Å². The number of hydrogen-bond donors (Lipinski definition) is 3. The lowest BCUT2D eigenvalue weighted by Gasteiger charge is -2.47. The maximum absolute atomic E-state index is 15.7. The normalized spacial score (nSPS) is 32.7. The lowest BCUT2D eigenvalue weighted by atomic mass is 9.74. The van der Waals surface area contributed by atoms with E-state index in [0.29, 0.717) is 70.6 Å². The molecule has 4 heterocycles. The summed E-state index contributed by atoms with van der Waals surface area (Å²) >= 11 is 0. The quantitative estimate of drug-likeness (QED) is 0.219. The summed E-state index contributed by atoms with van der Waals surface area (Å²) < 4.78 is 105. The van der Waals surface area contributed by atoms with Crippen LogP contribution < -0.4 is 16.0 Å². The Hall–Kier alpha value is -6.90. The summed E-state index contributed by atoms with van der Waals surface area (Å²) in [4.78, 5) is 193. The molecular weight excluding hydrogens is 1410 g/mol. The van der Waals surface area contributed by atoms with E-state index in [1.165, 1.54) is 69.0 Å². The summed E-state index contributed by atoms with van der Waals surface area (Å²) in [6.07, 6.45) is -9.39. The molecule has 0 aromatic carbocycles. The monoisotopic (exact) mass is 1530 g/mol. The minimum absolute atomic E-state index is 0.0247. The van der Waals surface area contributed by atoms with Crippen molar-refractivity contribution in [3.05, 3.63) is 0 Å². The number of carbonyl (C=O) groups is 12. The van der Waals surface area contributed by atoms with Crippen LogP contribution in [0.2, 0.25) is 0 Å². The predicted octanol–water partition coefficient (Wildman–Crippen LogP) is 4.11. The summed E-state index contributed by atoms with van der Waals surface area (Å²) in [6, 6.07) is -11.1. The lowest BCUT2D eigenvalue weighted by molar-refractivity contribution is -0.219. The molecule has 4 aliphatic heterocycles. The molecule has 0 aromatic rings. The van der Waals surface area contributed by atoms with Crippen LogP contribution in [0.1, 0.15) is 168 Å². The molecule has 12 atom stereocenters. The first-order chi connectivity index (χ1) is 50.7. The second-order valence-corrected chi connectivity index (χ2v) is 31.4. The number of likely N-dealkylation sites (N-methyl/N-ethyl adjacent to an activating group) is 6. The molecule has 2 unspecified atom stereocenters. The fraction of sp³-hybridized carbons (Fsp3) is 0.838. The van der Waals surface area contributed by atoms with Gasteiger partial charge in [0.15, 0.2) is 0 Å². The SMILES string of the molecule is CCO[C@@H]1C[C@H]2C(=O)NC3(CCC3)C(=O)N(C)[C@@H](C3CCCC3)C(=O)N(C)[C@H](C(=O)N3CCOCC3)CC(=O)N(C)[C@@H](COC)C(=O)N[C@@H]([C@@H](C)CC)C(=O)N(C)CC(=O)N(C)[C@H]3CCCCCN(C3=O)[C@@H](CC3CCC(F)CC3)C(=O)N(C)CC(=O)N[C@@H](CCC3CC(F)C(C(F)(F)F)C(F)C3)C(=O)N2C1. The highest BCUT2D eigenvalue weighted by molar-refractivity contribution is 6.01. The fourth-order valence-corrected chi connectivity index (χ4v) is 17.3. The summed E-state index contributed by atoms with van der Waals surface area (Å²) in [7, 11) is 9.48. The number of alkyl halides is 6. The molecule has 4 saturated heterocycles. The lowest BCUT2D eigenvalue weighted by Crippen LogP contribution is -2.68. The Morgan fingerprint density at radius 1 is 0.626 bits per heavy atom. The number of ether oxygens (including phenoxy) is 3. The molecule has 4 aliphatic carbocycles. The van der Waals surface area contributed by atoms with E-state index in [1.807, 2.05) is 0 Å². The highest BCUT2D eigenvalue weighted by atomic mass is 19.4. The van der Waals surface area contributed by atoms with Gasteiger partial charge >= 0.3 is 6.18 Å². The van der Waals surface area contributed by atoms with Crippen molar-refractivity contribution < 1.29 is 98.1 Å². The number of hydrogen-bond acceptors (Lipinski definition) is 15. The van der Waals surface area contributed by atoms with E-state index in [9.17, 15) is 46.3 Å². The first kappa shape index (κ1) is 85.7. The van der Waals surface area contributed by atoms with Crippen LogP contribution in [-0.2, 0) is 71.7 Å². The summed E-state index contributed by atoms with van der Waals surface area (Å²) in [6.45, 7) is 3.80. The molecule has 8 fully saturated rings. The van der Waals surface area contributed by atoms with Crippen molar-refractivity contribution in [3.63, 3.8) is 0 Å². The number of carbonyl (C=O) groups excluding carboxylic acids is 12. The van der Waals surface area contributed by atoms with Gasteiger partial charge in [-0.3, -0.25) is 57.5 Å². The van der Waals surface area contributed by atoms with E-state index >= 15 is 37.5 Å². The van der Waals surface area contributed by atoms with Crippen LogP contribution in [0.4, 0.5) is 26.3 Å². The van der Waals surface area contributed by atoms with E-state index in [2.05, 4.69) is 16.0 Å². The van der Waals surface area contributed by atoms with Crippen molar-refractivity contribution in [2.45, 2.75) is 253 Å². The number of fused-ring (bicyclic) bond motifs is 3. The van der Waals surface area contributed by atoms with Gasteiger partial charge in [0.05, 0.1) is 45.4 Å². The van der Waals surface area contributed by atoms with E-state index in [1.54, 1.807) is 20.8 Å². The Morgan fingerprint density at radius 2 is 1.26 bits per heavy atom.